The average molecular weight is 602 g/mol. The Kier molecular flexibility index (Phi) is 6.81. The quantitative estimate of drug-likeness (QED) is 0.259. The van der Waals surface area contributed by atoms with Gasteiger partial charge in [0.1, 0.15) is 22.7 Å². The van der Waals surface area contributed by atoms with Crippen molar-refractivity contribution in [1.29, 1.82) is 0 Å². The van der Waals surface area contributed by atoms with E-state index >= 15 is 0 Å². The van der Waals surface area contributed by atoms with E-state index in [0.29, 0.717) is 39.3 Å². The van der Waals surface area contributed by atoms with E-state index < -0.39 is 21.7 Å². The number of carbonyl (C=O) groups is 1. The number of hydrogen-bond acceptors (Lipinski definition) is 9. The Morgan fingerprint density at radius 3 is 2.49 bits per heavy atom. The number of furan rings is 2. The molecule has 43 heavy (non-hydrogen) atoms. The van der Waals surface area contributed by atoms with Gasteiger partial charge in [0.15, 0.2) is 28.6 Å². The Morgan fingerprint density at radius 2 is 1.81 bits per heavy atom. The van der Waals surface area contributed by atoms with E-state index in [4.69, 9.17) is 18.6 Å². The number of aromatic nitrogens is 3. The van der Waals surface area contributed by atoms with Crippen LogP contribution in [0, 0.1) is 5.82 Å². The summed E-state index contributed by atoms with van der Waals surface area (Å²) >= 11 is 0. The smallest absolute Gasteiger partial charge is 0.255 e. The van der Waals surface area contributed by atoms with E-state index in [0.717, 1.165) is 10.6 Å². The summed E-state index contributed by atoms with van der Waals surface area (Å²) in [6.45, 7) is 0. The monoisotopic (exact) mass is 601 g/mol. The van der Waals surface area contributed by atoms with Crippen LogP contribution in [-0.2, 0) is 10.0 Å². The second-order valence-electron chi connectivity index (χ2n) is 9.60. The van der Waals surface area contributed by atoms with Gasteiger partial charge in [0.25, 0.3) is 5.91 Å². The van der Waals surface area contributed by atoms with E-state index in [9.17, 15) is 17.6 Å². The third-order valence-electron chi connectivity index (χ3n) is 6.94. The van der Waals surface area contributed by atoms with E-state index in [1.807, 2.05) is 0 Å². The van der Waals surface area contributed by atoms with Gasteiger partial charge in [-0.25, -0.2) is 22.8 Å². The van der Waals surface area contributed by atoms with E-state index in [2.05, 4.69) is 15.3 Å². The van der Waals surface area contributed by atoms with Crippen LogP contribution in [-0.4, -0.2) is 56.7 Å². The summed E-state index contributed by atoms with van der Waals surface area (Å²) in [6, 6.07) is 13.8. The number of fused-ring (bicyclic) bond motifs is 2. The van der Waals surface area contributed by atoms with Gasteiger partial charge in [-0.15, -0.1) is 0 Å². The Labute approximate surface area is 245 Å². The molecule has 11 nitrogen and oxygen atoms in total. The first kappa shape index (κ1) is 27.8. The average Bonchev–Trinajstić information content (AvgIpc) is 3.61. The molecule has 6 aromatic rings. The molecule has 0 aliphatic rings. The second kappa shape index (κ2) is 10.5. The van der Waals surface area contributed by atoms with Crippen LogP contribution in [0.4, 0.5) is 10.1 Å². The fraction of sp³-hybridized carbons (Fsp3) is 0.133. The molecule has 0 fully saturated rings. The summed E-state index contributed by atoms with van der Waals surface area (Å²) < 4.78 is 57.8. The van der Waals surface area contributed by atoms with Gasteiger partial charge >= 0.3 is 0 Å². The lowest BCUT2D eigenvalue weighted by molar-refractivity contribution is 0.0964. The van der Waals surface area contributed by atoms with Crippen molar-refractivity contribution < 1.29 is 31.2 Å². The van der Waals surface area contributed by atoms with Gasteiger partial charge < -0.3 is 18.9 Å². The van der Waals surface area contributed by atoms with Crippen molar-refractivity contribution in [1.82, 2.24) is 20.3 Å². The highest BCUT2D eigenvalue weighted by molar-refractivity contribution is 7.92. The Balaban J connectivity index is 1.64. The van der Waals surface area contributed by atoms with Crippen LogP contribution in [0.5, 0.6) is 5.75 Å². The minimum absolute atomic E-state index is 0.129. The largest absolute Gasteiger partial charge is 0.493 e. The van der Waals surface area contributed by atoms with Crippen molar-refractivity contribution in [2.24, 2.45) is 0 Å². The molecule has 4 aromatic heterocycles. The van der Waals surface area contributed by atoms with Crippen LogP contribution >= 0.6 is 0 Å². The molecule has 0 aliphatic carbocycles. The highest BCUT2D eigenvalue weighted by Gasteiger charge is 2.27. The number of amides is 1. The number of methoxy groups -OCH3 is 1. The Bertz CT molecular complexity index is 2110. The third kappa shape index (κ3) is 4.93. The molecule has 4 heterocycles. The van der Waals surface area contributed by atoms with Crippen molar-refractivity contribution in [3.63, 3.8) is 0 Å². The molecule has 218 valence electrons. The highest BCUT2D eigenvalue weighted by Crippen LogP contribution is 2.41. The van der Waals surface area contributed by atoms with Crippen LogP contribution < -0.4 is 14.4 Å². The number of anilines is 1. The molecule has 0 bridgehead atoms. The maximum Gasteiger partial charge on any atom is 0.255 e. The lowest BCUT2D eigenvalue weighted by Gasteiger charge is -2.20. The summed E-state index contributed by atoms with van der Waals surface area (Å²) in [4.78, 5) is 26.7. The van der Waals surface area contributed by atoms with Crippen LogP contribution in [0.2, 0.25) is 0 Å². The number of benzene rings is 2. The van der Waals surface area contributed by atoms with Gasteiger partial charge in [0.2, 0.25) is 10.0 Å². The van der Waals surface area contributed by atoms with E-state index in [-0.39, 0.29) is 34.0 Å². The molecule has 1 N–H and O–H groups in total. The van der Waals surface area contributed by atoms with Gasteiger partial charge in [-0.05, 0) is 42.5 Å². The molecule has 13 heteroatoms. The molecular formula is C30H24FN5O6S. The summed E-state index contributed by atoms with van der Waals surface area (Å²) in [5.74, 6) is 0.0819. The number of ether oxygens (including phenoxy) is 1. The number of rotatable bonds is 7. The zero-order chi connectivity index (χ0) is 30.5. The van der Waals surface area contributed by atoms with Gasteiger partial charge in [0.05, 0.1) is 30.8 Å². The van der Waals surface area contributed by atoms with Crippen molar-refractivity contribution in [2.45, 2.75) is 0 Å². The lowest BCUT2D eigenvalue weighted by atomic mass is 10.0. The normalized spacial score (nSPS) is 11.7. The Hall–Kier alpha value is -5.30. The molecule has 0 saturated carbocycles. The number of nitrogens with zero attached hydrogens (tertiary/aromatic N) is 4. The minimum Gasteiger partial charge on any atom is -0.493 e. The van der Waals surface area contributed by atoms with Crippen LogP contribution in [0.25, 0.3) is 56.2 Å². The summed E-state index contributed by atoms with van der Waals surface area (Å²) in [6.07, 6.45) is 4.15. The number of pyridine rings is 1. The van der Waals surface area contributed by atoms with Crippen molar-refractivity contribution in [3.8, 4) is 39.9 Å². The topological polar surface area (TPSA) is 141 Å². The van der Waals surface area contributed by atoms with Crippen molar-refractivity contribution >= 4 is 43.7 Å². The fourth-order valence-corrected chi connectivity index (χ4v) is 5.23. The van der Waals surface area contributed by atoms with E-state index in [1.54, 1.807) is 30.5 Å². The van der Waals surface area contributed by atoms with Crippen LogP contribution in [0.1, 0.15) is 10.4 Å². The van der Waals surface area contributed by atoms with Crippen LogP contribution in [0.15, 0.2) is 75.8 Å². The standard InChI is InChI=1S/C30H24FN5O6S/c1-32-30(37)26-19-12-18(29-34-15-25(40-3)27(35-29)24-13-20-22(41-24)6-5-11-33-20)21(36(2)43(4,38)39)14-23(19)42-28(26)16-7-9-17(31)10-8-16/h5-15H,1-4H3,(H,32,37). The molecule has 0 atom stereocenters. The molecule has 0 radical (unpaired) electrons. The maximum absolute atomic E-state index is 13.7. The number of carbonyl (C=O) groups excluding carboxylic acids is 1. The summed E-state index contributed by atoms with van der Waals surface area (Å²) in [5.41, 5.74) is 2.80. The molecule has 0 aliphatic heterocycles. The molecule has 6 rings (SSSR count). The molecule has 0 saturated heterocycles. The second-order valence-corrected chi connectivity index (χ2v) is 11.6. The van der Waals surface area contributed by atoms with Crippen molar-refractivity contribution in [2.75, 3.05) is 31.8 Å². The highest BCUT2D eigenvalue weighted by atomic mass is 32.2. The number of nitrogens with one attached hydrogen (secondary N) is 1. The first-order chi connectivity index (χ1) is 20.6. The third-order valence-corrected chi connectivity index (χ3v) is 8.13. The van der Waals surface area contributed by atoms with Gasteiger partial charge in [-0.3, -0.25) is 14.1 Å². The molecule has 0 unspecified atom stereocenters. The summed E-state index contributed by atoms with van der Waals surface area (Å²) in [5, 5.41) is 2.98. The van der Waals surface area contributed by atoms with Gasteiger partial charge in [-0.1, -0.05) is 0 Å². The molecular weight excluding hydrogens is 577 g/mol. The van der Waals surface area contributed by atoms with Gasteiger partial charge in [0, 0.05) is 48.9 Å². The predicted molar refractivity (Wildman–Crippen MR) is 159 cm³/mol. The van der Waals surface area contributed by atoms with E-state index in [1.165, 1.54) is 57.7 Å². The zero-order valence-electron chi connectivity index (χ0n) is 23.4. The first-order valence-electron chi connectivity index (χ1n) is 12.9. The lowest BCUT2D eigenvalue weighted by Crippen LogP contribution is -2.25. The SMILES string of the molecule is CNC(=O)c1c(-c2ccc(F)cc2)oc2cc(N(C)S(C)(=O)=O)c(-c3ncc(OC)c(-c4cc5ncccc5o4)n3)cc12. The maximum atomic E-state index is 13.7. The first-order valence-corrected chi connectivity index (χ1v) is 14.7. The number of hydrogen-bond donors (Lipinski definition) is 1. The van der Waals surface area contributed by atoms with Crippen LogP contribution in [0.3, 0.4) is 0 Å². The molecule has 2 aromatic carbocycles. The Morgan fingerprint density at radius 1 is 1.05 bits per heavy atom. The fourth-order valence-electron chi connectivity index (χ4n) is 4.72. The number of sulfonamides is 1. The molecule has 1 amide bonds. The van der Waals surface area contributed by atoms with Crippen molar-refractivity contribution in [3.05, 3.63) is 78.4 Å². The zero-order valence-corrected chi connectivity index (χ0v) is 24.2. The molecule has 0 spiro atoms. The summed E-state index contributed by atoms with van der Waals surface area (Å²) in [7, 11) is 0.566. The minimum atomic E-state index is -3.77. The number of halogens is 1. The predicted octanol–water partition coefficient (Wildman–Crippen LogP) is 5.27. The van der Waals surface area contributed by atoms with Gasteiger partial charge in [-0.2, -0.15) is 0 Å².